The van der Waals surface area contributed by atoms with E-state index >= 15 is 0 Å². The van der Waals surface area contributed by atoms with E-state index in [9.17, 15) is 4.79 Å². The maximum Gasteiger partial charge on any atom is 0.159 e. The molecular formula is C12H14O. The van der Waals surface area contributed by atoms with Crippen LogP contribution in [0.4, 0.5) is 0 Å². The molecule has 0 N–H and O–H groups in total. The van der Waals surface area contributed by atoms with Crippen LogP contribution in [0.2, 0.25) is 0 Å². The van der Waals surface area contributed by atoms with Gasteiger partial charge in [-0.25, -0.2) is 0 Å². The molecule has 0 atom stereocenters. The van der Waals surface area contributed by atoms with Crippen molar-refractivity contribution in [1.29, 1.82) is 0 Å². The molecule has 0 saturated carbocycles. The lowest BCUT2D eigenvalue weighted by atomic mass is 10.1. The number of hydrogen-bond acceptors (Lipinski definition) is 1. The summed E-state index contributed by atoms with van der Waals surface area (Å²) in [6.07, 6.45) is 5.07. The molecule has 0 saturated heterocycles. The predicted octanol–water partition coefficient (Wildman–Crippen LogP) is 3.01. The maximum atomic E-state index is 11.0. The molecule has 0 aromatic heterocycles. The summed E-state index contributed by atoms with van der Waals surface area (Å²) >= 11 is 0. The van der Waals surface area contributed by atoms with Crippen molar-refractivity contribution in [2.75, 3.05) is 0 Å². The zero-order chi connectivity index (χ0) is 9.68. The van der Waals surface area contributed by atoms with Crippen LogP contribution in [0.25, 0.3) is 0 Å². The zero-order valence-electron chi connectivity index (χ0n) is 8.08. The molecule has 0 fully saturated rings. The van der Waals surface area contributed by atoms with Gasteiger partial charge in [0.25, 0.3) is 0 Å². The van der Waals surface area contributed by atoms with Gasteiger partial charge in [-0.2, -0.15) is 0 Å². The molecule has 0 aliphatic heterocycles. The average molecular weight is 174 g/mol. The zero-order valence-corrected chi connectivity index (χ0v) is 8.08. The molecule has 1 nitrogen and oxygen atoms in total. The van der Waals surface area contributed by atoms with Gasteiger partial charge in [0.05, 0.1) is 0 Å². The van der Waals surface area contributed by atoms with Crippen molar-refractivity contribution in [2.24, 2.45) is 0 Å². The first-order valence-electron chi connectivity index (χ1n) is 4.45. The van der Waals surface area contributed by atoms with Crippen LogP contribution < -0.4 is 0 Å². The van der Waals surface area contributed by atoms with E-state index in [2.05, 4.69) is 6.08 Å². The molecule has 0 heterocycles. The fourth-order valence-corrected chi connectivity index (χ4v) is 1.13. The monoisotopic (exact) mass is 174 g/mol. The van der Waals surface area contributed by atoms with Crippen LogP contribution >= 0.6 is 0 Å². The second kappa shape index (κ2) is 4.61. The molecule has 13 heavy (non-hydrogen) atoms. The number of benzene rings is 1. The van der Waals surface area contributed by atoms with Gasteiger partial charge in [-0.05, 0) is 25.8 Å². The molecule has 0 radical (unpaired) electrons. The second-order valence-electron chi connectivity index (χ2n) is 3.03. The van der Waals surface area contributed by atoms with Gasteiger partial charge in [0.2, 0.25) is 0 Å². The van der Waals surface area contributed by atoms with Crippen molar-refractivity contribution in [3.63, 3.8) is 0 Å². The molecule has 0 spiro atoms. The third kappa shape index (κ3) is 2.86. The van der Waals surface area contributed by atoms with Crippen molar-refractivity contribution in [1.82, 2.24) is 0 Å². The molecule has 0 aliphatic carbocycles. The number of ketones is 1. The van der Waals surface area contributed by atoms with Gasteiger partial charge in [-0.3, -0.25) is 4.79 Å². The maximum absolute atomic E-state index is 11.0. The van der Waals surface area contributed by atoms with Gasteiger partial charge in [0.15, 0.2) is 5.78 Å². The topological polar surface area (TPSA) is 17.1 Å². The molecule has 1 heteroatoms. The summed E-state index contributed by atoms with van der Waals surface area (Å²) in [6, 6.07) is 7.75. The predicted molar refractivity (Wildman–Crippen MR) is 55.0 cm³/mol. The second-order valence-corrected chi connectivity index (χ2v) is 3.03. The Morgan fingerprint density at radius 1 is 1.31 bits per heavy atom. The van der Waals surface area contributed by atoms with Crippen molar-refractivity contribution in [2.45, 2.75) is 20.3 Å². The van der Waals surface area contributed by atoms with Crippen LogP contribution in [-0.2, 0) is 6.42 Å². The van der Waals surface area contributed by atoms with Crippen LogP contribution in [0.15, 0.2) is 36.4 Å². The highest BCUT2D eigenvalue weighted by Gasteiger charge is 1.97. The molecule has 1 aromatic rings. The van der Waals surface area contributed by atoms with Crippen molar-refractivity contribution < 1.29 is 4.79 Å². The van der Waals surface area contributed by atoms with E-state index in [0.29, 0.717) is 0 Å². The summed E-state index contributed by atoms with van der Waals surface area (Å²) in [5.41, 5.74) is 2.02. The van der Waals surface area contributed by atoms with E-state index in [1.54, 1.807) is 6.92 Å². The summed E-state index contributed by atoms with van der Waals surface area (Å²) in [5, 5.41) is 0. The molecule has 0 amide bonds. The molecular weight excluding hydrogens is 160 g/mol. The average Bonchev–Trinajstić information content (AvgIpc) is 2.15. The van der Waals surface area contributed by atoms with E-state index in [1.807, 2.05) is 37.3 Å². The van der Waals surface area contributed by atoms with Gasteiger partial charge >= 0.3 is 0 Å². The minimum atomic E-state index is 0.123. The highest BCUT2D eigenvalue weighted by molar-refractivity contribution is 5.93. The van der Waals surface area contributed by atoms with Crippen LogP contribution in [0, 0.1) is 0 Å². The smallest absolute Gasteiger partial charge is 0.159 e. The van der Waals surface area contributed by atoms with E-state index in [0.717, 1.165) is 12.0 Å². The number of carbonyl (C=O) groups excluding carboxylic acids is 1. The summed E-state index contributed by atoms with van der Waals surface area (Å²) in [7, 11) is 0. The van der Waals surface area contributed by atoms with Gasteiger partial charge < -0.3 is 0 Å². The third-order valence-electron chi connectivity index (χ3n) is 1.95. The highest BCUT2D eigenvalue weighted by Crippen LogP contribution is 2.06. The van der Waals surface area contributed by atoms with Crippen LogP contribution in [0.1, 0.15) is 29.8 Å². The fourth-order valence-electron chi connectivity index (χ4n) is 1.13. The molecule has 0 unspecified atom stereocenters. The number of rotatable bonds is 3. The Balaban J connectivity index is 2.75. The quantitative estimate of drug-likeness (QED) is 0.508. The Hall–Kier alpha value is -1.37. The first-order valence-corrected chi connectivity index (χ1v) is 4.45. The summed E-state index contributed by atoms with van der Waals surface area (Å²) < 4.78 is 0. The number of hydrogen-bond donors (Lipinski definition) is 0. The lowest BCUT2D eigenvalue weighted by Crippen LogP contribution is -1.91. The first kappa shape index (κ1) is 9.72. The van der Waals surface area contributed by atoms with E-state index in [4.69, 9.17) is 0 Å². The van der Waals surface area contributed by atoms with E-state index in [-0.39, 0.29) is 5.78 Å². The summed E-state index contributed by atoms with van der Waals surface area (Å²) in [4.78, 5) is 11.0. The van der Waals surface area contributed by atoms with Crippen LogP contribution in [0.3, 0.4) is 0 Å². The van der Waals surface area contributed by atoms with Crippen LogP contribution in [0.5, 0.6) is 0 Å². The fraction of sp³-hybridized carbons (Fsp3) is 0.250. The SMILES string of the molecule is C/C=C\Cc1ccc(C(C)=O)cc1. The molecule has 68 valence electrons. The van der Waals surface area contributed by atoms with Crippen molar-refractivity contribution in [3.8, 4) is 0 Å². The number of carbonyl (C=O) groups is 1. The van der Waals surface area contributed by atoms with Gasteiger partial charge in [-0.1, -0.05) is 36.4 Å². The number of Topliss-reactive ketones (excluding diaryl/α,β-unsaturated/α-hetero) is 1. The standard InChI is InChI=1S/C12H14O/c1-3-4-5-11-6-8-12(9-7-11)10(2)13/h3-4,6-9H,5H2,1-2H3/b4-3-. The van der Waals surface area contributed by atoms with E-state index in [1.165, 1.54) is 5.56 Å². The third-order valence-corrected chi connectivity index (χ3v) is 1.95. The minimum absolute atomic E-state index is 0.123. The lowest BCUT2D eigenvalue weighted by molar-refractivity contribution is 0.101. The highest BCUT2D eigenvalue weighted by atomic mass is 16.1. The van der Waals surface area contributed by atoms with E-state index < -0.39 is 0 Å². The Morgan fingerprint density at radius 3 is 2.38 bits per heavy atom. The van der Waals surface area contributed by atoms with Gasteiger partial charge in [0, 0.05) is 5.56 Å². The largest absolute Gasteiger partial charge is 0.295 e. The summed E-state index contributed by atoms with van der Waals surface area (Å²) in [5.74, 6) is 0.123. The molecule has 1 rings (SSSR count). The van der Waals surface area contributed by atoms with Crippen molar-refractivity contribution >= 4 is 5.78 Å². The lowest BCUT2D eigenvalue weighted by Gasteiger charge is -1.98. The van der Waals surface area contributed by atoms with Gasteiger partial charge in [-0.15, -0.1) is 0 Å². The Kier molecular flexibility index (Phi) is 3.44. The summed E-state index contributed by atoms with van der Waals surface area (Å²) in [6.45, 7) is 3.59. The Labute approximate surface area is 79.1 Å². The molecule has 0 aliphatic rings. The number of allylic oxidation sites excluding steroid dienone is 2. The minimum Gasteiger partial charge on any atom is -0.295 e. The van der Waals surface area contributed by atoms with Gasteiger partial charge in [0.1, 0.15) is 0 Å². The Bertz CT molecular complexity index is 306. The Morgan fingerprint density at radius 2 is 1.92 bits per heavy atom. The first-order chi connectivity index (χ1) is 6.24. The van der Waals surface area contributed by atoms with Crippen LogP contribution in [-0.4, -0.2) is 5.78 Å². The normalized spacial score (nSPS) is 10.6. The molecule has 1 aromatic carbocycles. The van der Waals surface area contributed by atoms with Crippen molar-refractivity contribution in [3.05, 3.63) is 47.5 Å². The molecule has 0 bridgehead atoms.